The lowest BCUT2D eigenvalue weighted by Crippen LogP contribution is -2.42. The molecule has 0 saturated carbocycles. The van der Waals surface area contributed by atoms with Crippen LogP contribution in [0.1, 0.15) is 23.3 Å². The number of carbonyl (C=O) groups is 1. The van der Waals surface area contributed by atoms with Crippen molar-refractivity contribution in [3.63, 3.8) is 0 Å². The highest BCUT2D eigenvalue weighted by Crippen LogP contribution is 2.21. The number of amides is 1. The third-order valence-electron chi connectivity index (χ3n) is 3.67. The molecule has 0 radical (unpaired) electrons. The highest BCUT2D eigenvalue weighted by Gasteiger charge is 2.24. The number of nitrogen functional groups attached to an aromatic ring is 1. The number of carbonyl (C=O) groups excluding carboxylic acids is 1. The standard InChI is InChI=1S/C15H17N3O2/c16-14-12-6-2-1-4-10(12)8-13(17-14)15(20)18-7-3-5-11(19)9-18/h1-2,4,6,8,11,19H,3,5,7,9H2,(H2,16,17). The first-order chi connectivity index (χ1) is 9.65. The lowest BCUT2D eigenvalue weighted by Gasteiger charge is -2.29. The van der Waals surface area contributed by atoms with Gasteiger partial charge in [-0.2, -0.15) is 0 Å². The lowest BCUT2D eigenvalue weighted by atomic mass is 10.1. The van der Waals surface area contributed by atoms with E-state index in [1.165, 1.54) is 0 Å². The summed E-state index contributed by atoms with van der Waals surface area (Å²) in [6.45, 7) is 1.03. The van der Waals surface area contributed by atoms with Gasteiger partial charge in [-0.25, -0.2) is 4.98 Å². The van der Waals surface area contributed by atoms with E-state index in [2.05, 4.69) is 4.98 Å². The predicted octanol–water partition coefficient (Wildman–Crippen LogP) is 1.41. The molecule has 104 valence electrons. The zero-order chi connectivity index (χ0) is 14.1. The Morgan fingerprint density at radius 3 is 3.00 bits per heavy atom. The Hall–Kier alpha value is -2.14. The third kappa shape index (κ3) is 2.32. The summed E-state index contributed by atoms with van der Waals surface area (Å²) in [4.78, 5) is 18.3. The SMILES string of the molecule is Nc1nc(C(=O)N2CCCC(O)C2)cc2ccccc12. The molecular formula is C15H17N3O2. The number of pyridine rings is 1. The van der Waals surface area contributed by atoms with E-state index in [1.807, 2.05) is 24.3 Å². The van der Waals surface area contributed by atoms with Crippen LogP contribution in [0.3, 0.4) is 0 Å². The summed E-state index contributed by atoms with van der Waals surface area (Å²) >= 11 is 0. The van der Waals surface area contributed by atoms with Gasteiger partial charge in [-0.05, 0) is 24.3 Å². The lowest BCUT2D eigenvalue weighted by molar-refractivity contribution is 0.0469. The molecule has 5 nitrogen and oxygen atoms in total. The van der Waals surface area contributed by atoms with Gasteiger partial charge in [0.05, 0.1) is 6.10 Å². The molecular weight excluding hydrogens is 254 g/mol. The summed E-state index contributed by atoms with van der Waals surface area (Å²) < 4.78 is 0. The highest BCUT2D eigenvalue weighted by atomic mass is 16.3. The minimum absolute atomic E-state index is 0.166. The number of piperidine rings is 1. The maximum atomic E-state index is 12.4. The van der Waals surface area contributed by atoms with E-state index in [-0.39, 0.29) is 5.91 Å². The van der Waals surface area contributed by atoms with Crippen LogP contribution < -0.4 is 5.73 Å². The first-order valence-corrected chi connectivity index (χ1v) is 6.78. The Bertz CT molecular complexity index is 657. The van der Waals surface area contributed by atoms with E-state index in [9.17, 15) is 9.90 Å². The van der Waals surface area contributed by atoms with Crippen LogP contribution in [0.5, 0.6) is 0 Å². The Balaban J connectivity index is 1.95. The Morgan fingerprint density at radius 1 is 1.40 bits per heavy atom. The van der Waals surface area contributed by atoms with Gasteiger partial charge in [0, 0.05) is 18.5 Å². The molecule has 1 aliphatic rings. The second-order valence-electron chi connectivity index (χ2n) is 5.16. The molecule has 1 saturated heterocycles. The Labute approximate surface area is 117 Å². The fourth-order valence-electron chi connectivity index (χ4n) is 2.64. The summed E-state index contributed by atoms with van der Waals surface area (Å²) in [5.41, 5.74) is 6.26. The molecule has 1 aromatic heterocycles. The number of nitrogens with zero attached hydrogens (tertiary/aromatic N) is 2. The van der Waals surface area contributed by atoms with Crippen molar-refractivity contribution in [1.82, 2.24) is 9.88 Å². The normalized spacial score (nSPS) is 19.2. The number of benzene rings is 1. The second-order valence-corrected chi connectivity index (χ2v) is 5.16. The number of aliphatic hydroxyl groups is 1. The number of nitrogens with two attached hydrogens (primary N) is 1. The largest absolute Gasteiger partial charge is 0.391 e. The molecule has 1 aliphatic heterocycles. The van der Waals surface area contributed by atoms with E-state index >= 15 is 0 Å². The molecule has 0 spiro atoms. The maximum Gasteiger partial charge on any atom is 0.272 e. The van der Waals surface area contributed by atoms with Crippen LogP contribution in [0.2, 0.25) is 0 Å². The molecule has 20 heavy (non-hydrogen) atoms. The summed E-state index contributed by atoms with van der Waals surface area (Å²) in [5.74, 6) is 0.199. The van der Waals surface area contributed by atoms with Gasteiger partial charge >= 0.3 is 0 Å². The van der Waals surface area contributed by atoms with E-state index in [4.69, 9.17) is 5.73 Å². The quantitative estimate of drug-likeness (QED) is 0.822. The Morgan fingerprint density at radius 2 is 2.20 bits per heavy atom. The summed E-state index contributed by atoms with van der Waals surface area (Å²) in [6.07, 6.45) is 1.12. The molecule has 2 heterocycles. The van der Waals surface area contributed by atoms with Crippen molar-refractivity contribution in [3.8, 4) is 0 Å². The van der Waals surface area contributed by atoms with Crippen LogP contribution in [0.15, 0.2) is 30.3 Å². The molecule has 1 aromatic carbocycles. The van der Waals surface area contributed by atoms with Gasteiger partial charge in [0.2, 0.25) is 0 Å². The van der Waals surface area contributed by atoms with Gasteiger partial charge in [-0.3, -0.25) is 4.79 Å². The number of hydrogen-bond acceptors (Lipinski definition) is 4. The van der Waals surface area contributed by atoms with Crippen molar-refractivity contribution in [2.24, 2.45) is 0 Å². The number of fused-ring (bicyclic) bond motifs is 1. The number of likely N-dealkylation sites (tertiary alicyclic amines) is 1. The average molecular weight is 271 g/mol. The van der Waals surface area contributed by atoms with Crippen LogP contribution in [0.4, 0.5) is 5.82 Å². The van der Waals surface area contributed by atoms with E-state index in [1.54, 1.807) is 11.0 Å². The minimum Gasteiger partial charge on any atom is -0.391 e. The van der Waals surface area contributed by atoms with Crippen LogP contribution in [0, 0.1) is 0 Å². The van der Waals surface area contributed by atoms with Crippen LogP contribution in [-0.2, 0) is 0 Å². The van der Waals surface area contributed by atoms with Crippen molar-refractivity contribution in [2.45, 2.75) is 18.9 Å². The number of hydrogen-bond donors (Lipinski definition) is 2. The van der Waals surface area contributed by atoms with Gasteiger partial charge < -0.3 is 15.7 Å². The maximum absolute atomic E-state index is 12.4. The zero-order valence-corrected chi connectivity index (χ0v) is 11.1. The van der Waals surface area contributed by atoms with Gasteiger partial charge in [0.1, 0.15) is 11.5 Å². The molecule has 1 unspecified atom stereocenters. The molecule has 1 atom stereocenters. The number of β-amino-alcohol motifs (C(OH)–C–C–N with tert-alkyl or cyclic N) is 1. The molecule has 1 fully saturated rings. The number of aliphatic hydroxyl groups excluding tert-OH is 1. The van der Waals surface area contributed by atoms with Crippen molar-refractivity contribution >= 4 is 22.5 Å². The topological polar surface area (TPSA) is 79.5 Å². The van der Waals surface area contributed by atoms with Gasteiger partial charge in [0.15, 0.2) is 0 Å². The minimum atomic E-state index is -0.439. The molecule has 2 aromatic rings. The summed E-state index contributed by atoms with van der Waals surface area (Å²) in [6, 6.07) is 9.35. The first-order valence-electron chi connectivity index (χ1n) is 6.78. The fraction of sp³-hybridized carbons (Fsp3) is 0.333. The second kappa shape index (κ2) is 5.09. The molecule has 0 bridgehead atoms. The van der Waals surface area contributed by atoms with Gasteiger partial charge in [-0.15, -0.1) is 0 Å². The molecule has 1 amide bonds. The average Bonchev–Trinajstić information content (AvgIpc) is 2.46. The van der Waals surface area contributed by atoms with Gasteiger partial charge in [-0.1, -0.05) is 24.3 Å². The fourth-order valence-corrected chi connectivity index (χ4v) is 2.64. The Kier molecular flexibility index (Phi) is 3.28. The summed E-state index contributed by atoms with van der Waals surface area (Å²) in [5, 5.41) is 11.4. The monoisotopic (exact) mass is 271 g/mol. The van der Waals surface area contributed by atoms with Crippen molar-refractivity contribution in [2.75, 3.05) is 18.8 Å². The molecule has 0 aliphatic carbocycles. The third-order valence-corrected chi connectivity index (χ3v) is 3.67. The highest BCUT2D eigenvalue weighted by molar-refractivity contribution is 5.99. The van der Waals surface area contributed by atoms with E-state index in [0.29, 0.717) is 24.6 Å². The smallest absolute Gasteiger partial charge is 0.272 e. The zero-order valence-electron chi connectivity index (χ0n) is 11.1. The van der Waals surface area contributed by atoms with E-state index < -0.39 is 6.10 Å². The van der Waals surface area contributed by atoms with Gasteiger partial charge in [0.25, 0.3) is 5.91 Å². The number of rotatable bonds is 1. The first kappa shape index (κ1) is 12.9. The van der Waals surface area contributed by atoms with Crippen LogP contribution in [0.25, 0.3) is 10.8 Å². The van der Waals surface area contributed by atoms with Crippen molar-refractivity contribution < 1.29 is 9.90 Å². The van der Waals surface area contributed by atoms with Crippen LogP contribution >= 0.6 is 0 Å². The molecule has 3 rings (SSSR count). The van der Waals surface area contributed by atoms with Crippen molar-refractivity contribution in [1.29, 1.82) is 0 Å². The summed E-state index contributed by atoms with van der Waals surface area (Å²) in [7, 11) is 0. The molecule has 3 N–H and O–H groups in total. The number of anilines is 1. The van der Waals surface area contributed by atoms with E-state index in [0.717, 1.165) is 23.6 Å². The van der Waals surface area contributed by atoms with Crippen LogP contribution in [-0.4, -0.2) is 40.1 Å². The number of aromatic nitrogens is 1. The van der Waals surface area contributed by atoms with Crippen molar-refractivity contribution in [3.05, 3.63) is 36.0 Å². The molecule has 5 heteroatoms. The predicted molar refractivity (Wildman–Crippen MR) is 77.3 cm³/mol.